The van der Waals surface area contributed by atoms with Gasteiger partial charge in [-0.15, -0.1) is 0 Å². The van der Waals surface area contributed by atoms with Crippen molar-refractivity contribution in [1.29, 1.82) is 0 Å². The molecule has 0 saturated heterocycles. The third-order valence-corrected chi connectivity index (χ3v) is 2.99. The summed E-state index contributed by atoms with van der Waals surface area (Å²) in [5.41, 5.74) is 2.43. The molecule has 0 aliphatic rings. The second-order valence-corrected chi connectivity index (χ2v) is 4.93. The maximum Gasteiger partial charge on any atom is 0.270 e. The standard InChI is InChI=1S/C16H20N4O2/c1-11-4-6-13(7-5-11)20-15-10-14(18-12(2)19-15)16(21)17-8-9-22-3/h4-7,10H,8-9H2,1-3H3,(H,17,21)(H,18,19,20). The number of methoxy groups -OCH3 is 1. The van der Waals surface area contributed by atoms with Gasteiger partial charge in [-0.25, -0.2) is 9.97 Å². The van der Waals surface area contributed by atoms with Gasteiger partial charge in [-0.2, -0.15) is 0 Å². The number of nitrogens with one attached hydrogen (secondary N) is 2. The Balaban J connectivity index is 2.12. The summed E-state index contributed by atoms with van der Waals surface area (Å²) >= 11 is 0. The van der Waals surface area contributed by atoms with Gasteiger partial charge in [0, 0.05) is 25.4 Å². The van der Waals surface area contributed by atoms with Gasteiger partial charge in [0.15, 0.2) is 0 Å². The molecule has 2 aromatic rings. The molecule has 2 rings (SSSR count). The van der Waals surface area contributed by atoms with E-state index in [0.717, 1.165) is 5.69 Å². The van der Waals surface area contributed by atoms with Gasteiger partial charge < -0.3 is 15.4 Å². The zero-order chi connectivity index (χ0) is 15.9. The molecule has 1 aromatic heterocycles. The summed E-state index contributed by atoms with van der Waals surface area (Å²) in [6.45, 7) is 4.69. The van der Waals surface area contributed by atoms with Crippen LogP contribution in [0.25, 0.3) is 0 Å². The number of benzene rings is 1. The number of carbonyl (C=O) groups is 1. The van der Waals surface area contributed by atoms with Crippen LogP contribution in [0.15, 0.2) is 30.3 Å². The summed E-state index contributed by atoms with van der Waals surface area (Å²) in [5.74, 6) is 0.886. The van der Waals surface area contributed by atoms with Crippen LogP contribution < -0.4 is 10.6 Å². The molecular weight excluding hydrogens is 280 g/mol. The quantitative estimate of drug-likeness (QED) is 0.800. The molecule has 2 N–H and O–H groups in total. The fourth-order valence-corrected chi connectivity index (χ4v) is 1.89. The lowest BCUT2D eigenvalue weighted by atomic mass is 10.2. The highest BCUT2D eigenvalue weighted by molar-refractivity contribution is 5.93. The van der Waals surface area contributed by atoms with Crippen LogP contribution in [0.5, 0.6) is 0 Å². The average molecular weight is 300 g/mol. The number of carbonyl (C=O) groups excluding carboxylic acids is 1. The lowest BCUT2D eigenvalue weighted by Gasteiger charge is -2.09. The van der Waals surface area contributed by atoms with Gasteiger partial charge in [0.05, 0.1) is 6.61 Å². The fraction of sp³-hybridized carbons (Fsp3) is 0.312. The highest BCUT2D eigenvalue weighted by Gasteiger charge is 2.10. The molecule has 0 saturated carbocycles. The van der Waals surface area contributed by atoms with Crippen LogP contribution in [-0.2, 0) is 4.74 Å². The molecule has 0 radical (unpaired) electrons. The topological polar surface area (TPSA) is 76.1 Å². The van der Waals surface area contributed by atoms with Crippen LogP contribution in [0.1, 0.15) is 21.9 Å². The molecule has 1 heterocycles. The summed E-state index contributed by atoms with van der Waals surface area (Å²) in [6, 6.07) is 9.58. The second kappa shape index (κ2) is 7.51. The lowest BCUT2D eigenvalue weighted by molar-refractivity contribution is 0.0932. The van der Waals surface area contributed by atoms with E-state index in [9.17, 15) is 4.79 Å². The predicted molar refractivity (Wildman–Crippen MR) is 85.4 cm³/mol. The van der Waals surface area contributed by atoms with Crippen molar-refractivity contribution >= 4 is 17.4 Å². The zero-order valence-corrected chi connectivity index (χ0v) is 13.0. The molecule has 1 aromatic carbocycles. The van der Waals surface area contributed by atoms with Gasteiger partial charge in [0.25, 0.3) is 5.91 Å². The van der Waals surface area contributed by atoms with Crippen molar-refractivity contribution in [2.24, 2.45) is 0 Å². The monoisotopic (exact) mass is 300 g/mol. The Morgan fingerprint density at radius 1 is 1.18 bits per heavy atom. The molecule has 0 aliphatic carbocycles. The summed E-state index contributed by atoms with van der Waals surface area (Å²) in [4.78, 5) is 20.5. The Labute approximate surface area is 129 Å². The molecule has 22 heavy (non-hydrogen) atoms. The third-order valence-electron chi connectivity index (χ3n) is 2.99. The third kappa shape index (κ3) is 4.53. The number of amides is 1. The molecule has 0 bridgehead atoms. The van der Waals surface area contributed by atoms with Gasteiger partial charge in [0.1, 0.15) is 17.3 Å². The van der Waals surface area contributed by atoms with E-state index in [0.29, 0.717) is 30.5 Å². The molecule has 0 fully saturated rings. The Bertz CT molecular complexity index is 641. The number of anilines is 2. The predicted octanol–water partition coefficient (Wildman–Crippen LogP) is 2.21. The Kier molecular flexibility index (Phi) is 5.43. The van der Waals surface area contributed by atoms with Crippen LogP contribution in [0.4, 0.5) is 11.5 Å². The Hall–Kier alpha value is -2.47. The van der Waals surface area contributed by atoms with E-state index in [1.54, 1.807) is 20.1 Å². The van der Waals surface area contributed by atoms with Crippen molar-refractivity contribution in [1.82, 2.24) is 15.3 Å². The first-order chi connectivity index (χ1) is 10.6. The largest absolute Gasteiger partial charge is 0.383 e. The van der Waals surface area contributed by atoms with Crippen LogP contribution in [-0.4, -0.2) is 36.1 Å². The molecular formula is C16H20N4O2. The first-order valence-corrected chi connectivity index (χ1v) is 7.05. The number of aromatic nitrogens is 2. The molecule has 0 spiro atoms. The highest BCUT2D eigenvalue weighted by Crippen LogP contribution is 2.16. The maximum absolute atomic E-state index is 12.0. The van der Waals surface area contributed by atoms with Gasteiger partial charge in [-0.3, -0.25) is 4.79 Å². The minimum absolute atomic E-state index is 0.241. The van der Waals surface area contributed by atoms with Gasteiger partial charge >= 0.3 is 0 Å². The van der Waals surface area contributed by atoms with E-state index in [-0.39, 0.29) is 5.91 Å². The van der Waals surface area contributed by atoms with Crippen molar-refractivity contribution < 1.29 is 9.53 Å². The zero-order valence-electron chi connectivity index (χ0n) is 13.0. The number of rotatable bonds is 6. The molecule has 6 nitrogen and oxygen atoms in total. The molecule has 116 valence electrons. The van der Waals surface area contributed by atoms with E-state index in [4.69, 9.17) is 4.74 Å². The number of nitrogens with zero attached hydrogens (tertiary/aromatic N) is 2. The van der Waals surface area contributed by atoms with E-state index < -0.39 is 0 Å². The summed E-state index contributed by atoms with van der Waals surface area (Å²) < 4.78 is 4.90. The highest BCUT2D eigenvalue weighted by atomic mass is 16.5. The molecule has 0 aliphatic heterocycles. The van der Waals surface area contributed by atoms with Crippen LogP contribution in [0, 0.1) is 13.8 Å². The van der Waals surface area contributed by atoms with E-state index >= 15 is 0 Å². The second-order valence-electron chi connectivity index (χ2n) is 4.93. The maximum atomic E-state index is 12.0. The fourth-order valence-electron chi connectivity index (χ4n) is 1.89. The molecule has 0 unspecified atom stereocenters. The normalized spacial score (nSPS) is 10.3. The number of aryl methyl sites for hydroxylation is 2. The van der Waals surface area contributed by atoms with Crippen molar-refractivity contribution in [3.05, 3.63) is 47.4 Å². The van der Waals surface area contributed by atoms with Crippen molar-refractivity contribution in [3.8, 4) is 0 Å². The van der Waals surface area contributed by atoms with E-state index in [1.165, 1.54) is 5.56 Å². The molecule has 0 atom stereocenters. The summed E-state index contributed by atoms with van der Waals surface area (Å²) in [6.07, 6.45) is 0. The van der Waals surface area contributed by atoms with Crippen LogP contribution in [0.3, 0.4) is 0 Å². The van der Waals surface area contributed by atoms with E-state index in [2.05, 4.69) is 20.6 Å². The summed E-state index contributed by atoms with van der Waals surface area (Å²) in [7, 11) is 1.59. The number of hydrogen-bond acceptors (Lipinski definition) is 5. The van der Waals surface area contributed by atoms with Gasteiger partial charge in [0.2, 0.25) is 0 Å². The summed E-state index contributed by atoms with van der Waals surface area (Å²) in [5, 5.41) is 5.92. The first kappa shape index (κ1) is 15.9. The van der Waals surface area contributed by atoms with Crippen molar-refractivity contribution in [2.45, 2.75) is 13.8 Å². The van der Waals surface area contributed by atoms with Gasteiger partial charge in [-0.1, -0.05) is 17.7 Å². The van der Waals surface area contributed by atoms with Crippen LogP contribution >= 0.6 is 0 Å². The number of hydrogen-bond donors (Lipinski definition) is 2. The SMILES string of the molecule is COCCNC(=O)c1cc(Nc2ccc(C)cc2)nc(C)n1. The first-order valence-electron chi connectivity index (χ1n) is 7.05. The van der Waals surface area contributed by atoms with Crippen molar-refractivity contribution in [2.75, 3.05) is 25.6 Å². The smallest absolute Gasteiger partial charge is 0.270 e. The van der Waals surface area contributed by atoms with Crippen molar-refractivity contribution in [3.63, 3.8) is 0 Å². The Morgan fingerprint density at radius 2 is 1.91 bits per heavy atom. The van der Waals surface area contributed by atoms with E-state index in [1.807, 2.05) is 31.2 Å². The molecule has 6 heteroatoms. The van der Waals surface area contributed by atoms with Gasteiger partial charge in [-0.05, 0) is 26.0 Å². The minimum atomic E-state index is -0.241. The Morgan fingerprint density at radius 3 is 2.59 bits per heavy atom. The van der Waals surface area contributed by atoms with Crippen LogP contribution in [0.2, 0.25) is 0 Å². The lowest BCUT2D eigenvalue weighted by Crippen LogP contribution is -2.28. The molecule has 1 amide bonds. The minimum Gasteiger partial charge on any atom is -0.383 e. The average Bonchev–Trinajstić information content (AvgIpc) is 2.49. The number of ether oxygens (including phenoxy) is 1.